The number of hydrogen-bond acceptors (Lipinski definition) is 4. The smallest absolute Gasteiger partial charge is 0.317 e. The maximum absolute atomic E-state index is 12.0. The normalized spacial score (nSPS) is 22.0. The van der Waals surface area contributed by atoms with E-state index in [1.807, 2.05) is 17.0 Å². The Morgan fingerprint density at radius 2 is 2.14 bits per heavy atom. The van der Waals surface area contributed by atoms with Crippen LogP contribution in [0.2, 0.25) is 0 Å². The number of piperidine rings is 1. The topological polar surface area (TPSA) is 68.7 Å². The van der Waals surface area contributed by atoms with E-state index in [4.69, 9.17) is 0 Å². The van der Waals surface area contributed by atoms with Gasteiger partial charge in [0.05, 0.1) is 6.10 Å². The molecule has 1 aromatic heterocycles. The number of rotatable bonds is 3. The van der Waals surface area contributed by atoms with Crippen molar-refractivity contribution in [2.45, 2.75) is 38.3 Å². The van der Waals surface area contributed by atoms with Crippen LogP contribution in [0, 0.1) is 0 Å². The summed E-state index contributed by atoms with van der Waals surface area (Å²) >= 11 is 0. The van der Waals surface area contributed by atoms with Crippen molar-refractivity contribution in [1.82, 2.24) is 15.2 Å². The van der Waals surface area contributed by atoms with Crippen LogP contribution in [0.5, 0.6) is 0 Å². The van der Waals surface area contributed by atoms with Crippen molar-refractivity contribution in [2.24, 2.45) is 0 Å². The molecule has 120 valence electrons. The van der Waals surface area contributed by atoms with Gasteiger partial charge in [0.1, 0.15) is 5.82 Å². The maximum atomic E-state index is 12.0. The molecule has 0 spiro atoms. The summed E-state index contributed by atoms with van der Waals surface area (Å²) < 4.78 is 0. The Morgan fingerprint density at radius 1 is 1.32 bits per heavy atom. The number of aliphatic hydroxyl groups is 1. The molecule has 0 aromatic carbocycles. The molecular weight excluding hydrogens is 280 g/mol. The summed E-state index contributed by atoms with van der Waals surface area (Å²) in [5.74, 6) is 0.881. The number of hydrogen-bond donors (Lipinski definition) is 2. The fraction of sp³-hybridized carbons (Fsp3) is 0.625. The third-order valence-corrected chi connectivity index (χ3v) is 4.37. The second-order valence-corrected chi connectivity index (χ2v) is 6.12. The number of anilines is 1. The van der Waals surface area contributed by atoms with Gasteiger partial charge in [-0.25, -0.2) is 9.78 Å². The molecule has 0 aliphatic carbocycles. The average Bonchev–Trinajstić information content (AvgIpc) is 3.07. The molecule has 6 nitrogen and oxygen atoms in total. The van der Waals surface area contributed by atoms with Gasteiger partial charge in [0, 0.05) is 38.9 Å². The van der Waals surface area contributed by atoms with Gasteiger partial charge in [0.15, 0.2) is 0 Å². The number of amides is 2. The predicted molar refractivity (Wildman–Crippen MR) is 84.7 cm³/mol. The fourth-order valence-corrected chi connectivity index (χ4v) is 3.12. The summed E-state index contributed by atoms with van der Waals surface area (Å²) in [6.45, 7) is 3.80. The fourth-order valence-electron chi connectivity index (χ4n) is 3.12. The Hall–Kier alpha value is -1.82. The molecule has 0 bridgehead atoms. The van der Waals surface area contributed by atoms with Crippen LogP contribution in [-0.4, -0.2) is 53.3 Å². The standard InChI is InChI=1S/C16H24N4O2/c21-14-4-3-9-20(12-14)15-10-13(5-6-17-15)11-18-16(22)19-7-1-2-8-19/h5-6,10,14,21H,1-4,7-9,11-12H2,(H,18,22). The molecule has 1 aromatic rings. The quantitative estimate of drug-likeness (QED) is 0.884. The highest BCUT2D eigenvalue weighted by Gasteiger charge is 2.19. The van der Waals surface area contributed by atoms with Gasteiger partial charge in [0.2, 0.25) is 0 Å². The molecule has 6 heteroatoms. The van der Waals surface area contributed by atoms with Crippen molar-refractivity contribution in [1.29, 1.82) is 0 Å². The van der Waals surface area contributed by atoms with Crippen molar-refractivity contribution in [3.8, 4) is 0 Å². The molecular formula is C16H24N4O2. The lowest BCUT2D eigenvalue weighted by Gasteiger charge is -2.31. The molecule has 2 N–H and O–H groups in total. The van der Waals surface area contributed by atoms with Gasteiger partial charge in [-0.2, -0.15) is 0 Å². The van der Waals surface area contributed by atoms with Gasteiger partial charge in [-0.1, -0.05) is 0 Å². The van der Waals surface area contributed by atoms with Crippen molar-refractivity contribution in [3.05, 3.63) is 23.9 Å². The van der Waals surface area contributed by atoms with E-state index >= 15 is 0 Å². The average molecular weight is 304 g/mol. The van der Waals surface area contributed by atoms with Gasteiger partial charge in [-0.05, 0) is 43.4 Å². The largest absolute Gasteiger partial charge is 0.391 e. The first kappa shape index (κ1) is 15.1. The SMILES string of the molecule is O=C(NCc1ccnc(N2CCCC(O)C2)c1)N1CCCC1. The van der Waals surface area contributed by atoms with Gasteiger partial charge in [-0.15, -0.1) is 0 Å². The summed E-state index contributed by atoms with van der Waals surface area (Å²) in [4.78, 5) is 20.4. The van der Waals surface area contributed by atoms with Gasteiger partial charge in [0.25, 0.3) is 0 Å². The van der Waals surface area contributed by atoms with E-state index in [1.165, 1.54) is 0 Å². The molecule has 3 rings (SSSR count). The Morgan fingerprint density at radius 3 is 2.91 bits per heavy atom. The predicted octanol–water partition coefficient (Wildman–Crippen LogP) is 1.35. The van der Waals surface area contributed by atoms with Crippen molar-refractivity contribution in [3.63, 3.8) is 0 Å². The van der Waals surface area contributed by atoms with Crippen LogP contribution in [0.3, 0.4) is 0 Å². The molecule has 2 aliphatic heterocycles. The Balaban J connectivity index is 1.57. The zero-order valence-corrected chi connectivity index (χ0v) is 12.9. The molecule has 22 heavy (non-hydrogen) atoms. The van der Waals surface area contributed by atoms with E-state index in [0.717, 1.165) is 56.7 Å². The van der Waals surface area contributed by atoms with Gasteiger partial charge in [-0.3, -0.25) is 0 Å². The Labute approximate surface area is 131 Å². The zero-order chi connectivity index (χ0) is 15.4. The summed E-state index contributed by atoms with van der Waals surface area (Å²) in [5.41, 5.74) is 1.04. The third-order valence-electron chi connectivity index (χ3n) is 4.37. The lowest BCUT2D eigenvalue weighted by Crippen LogP contribution is -2.39. The molecule has 0 saturated carbocycles. The monoisotopic (exact) mass is 304 g/mol. The number of aromatic nitrogens is 1. The first-order valence-electron chi connectivity index (χ1n) is 8.13. The van der Waals surface area contributed by atoms with Crippen LogP contribution in [0.25, 0.3) is 0 Å². The van der Waals surface area contributed by atoms with Gasteiger partial charge >= 0.3 is 6.03 Å². The third kappa shape index (κ3) is 3.68. The highest BCUT2D eigenvalue weighted by atomic mass is 16.3. The van der Waals surface area contributed by atoms with Crippen molar-refractivity contribution >= 4 is 11.8 Å². The van der Waals surface area contributed by atoms with Crippen LogP contribution in [0.4, 0.5) is 10.6 Å². The number of carbonyl (C=O) groups is 1. The molecule has 3 heterocycles. The molecule has 2 aliphatic rings. The van der Waals surface area contributed by atoms with Crippen LogP contribution < -0.4 is 10.2 Å². The van der Waals surface area contributed by atoms with E-state index in [2.05, 4.69) is 15.2 Å². The molecule has 2 saturated heterocycles. The van der Waals surface area contributed by atoms with Crippen LogP contribution >= 0.6 is 0 Å². The molecule has 1 unspecified atom stereocenters. The van der Waals surface area contributed by atoms with E-state index in [1.54, 1.807) is 6.20 Å². The Bertz CT molecular complexity index is 517. The minimum absolute atomic E-state index is 0.0178. The van der Waals surface area contributed by atoms with Crippen molar-refractivity contribution < 1.29 is 9.90 Å². The van der Waals surface area contributed by atoms with Gasteiger partial charge < -0.3 is 20.2 Å². The van der Waals surface area contributed by atoms with Crippen LogP contribution in [0.15, 0.2) is 18.3 Å². The maximum Gasteiger partial charge on any atom is 0.317 e. The second-order valence-electron chi connectivity index (χ2n) is 6.12. The van der Waals surface area contributed by atoms with Crippen LogP contribution in [-0.2, 0) is 6.54 Å². The number of pyridine rings is 1. The molecule has 2 fully saturated rings. The highest BCUT2D eigenvalue weighted by molar-refractivity contribution is 5.74. The number of carbonyl (C=O) groups excluding carboxylic acids is 1. The molecule has 1 atom stereocenters. The lowest BCUT2D eigenvalue weighted by molar-refractivity contribution is 0.154. The number of nitrogens with one attached hydrogen (secondary N) is 1. The Kier molecular flexibility index (Phi) is 4.77. The lowest BCUT2D eigenvalue weighted by atomic mass is 10.1. The molecule has 0 radical (unpaired) electrons. The number of nitrogens with zero attached hydrogens (tertiary/aromatic N) is 3. The van der Waals surface area contributed by atoms with E-state index in [0.29, 0.717) is 13.1 Å². The minimum Gasteiger partial charge on any atom is -0.391 e. The summed E-state index contributed by atoms with van der Waals surface area (Å²) in [7, 11) is 0. The van der Waals surface area contributed by atoms with Crippen LogP contribution in [0.1, 0.15) is 31.2 Å². The van der Waals surface area contributed by atoms with Crippen molar-refractivity contribution in [2.75, 3.05) is 31.1 Å². The number of likely N-dealkylation sites (tertiary alicyclic amines) is 1. The highest BCUT2D eigenvalue weighted by Crippen LogP contribution is 2.18. The molecule has 2 amide bonds. The van der Waals surface area contributed by atoms with E-state index in [-0.39, 0.29) is 12.1 Å². The summed E-state index contributed by atoms with van der Waals surface area (Å²) in [5, 5.41) is 12.7. The van der Waals surface area contributed by atoms with E-state index < -0.39 is 0 Å². The van der Waals surface area contributed by atoms with E-state index in [9.17, 15) is 9.90 Å². The number of aliphatic hydroxyl groups excluding tert-OH is 1. The first-order chi connectivity index (χ1) is 10.7. The number of urea groups is 1. The minimum atomic E-state index is -0.269. The second kappa shape index (κ2) is 6.96. The number of β-amino-alcohol motifs (C(OH)–C–C–N with tert-alkyl or cyclic N) is 1. The first-order valence-corrected chi connectivity index (χ1v) is 8.13. The summed E-state index contributed by atoms with van der Waals surface area (Å²) in [6.07, 6.45) is 5.55. The summed E-state index contributed by atoms with van der Waals surface area (Å²) in [6, 6.07) is 3.94. The zero-order valence-electron chi connectivity index (χ0n) is 12.9.